The van der Waals surface area contributed by atoms with E-state index in [1.165, 1.54) is 0 Å². The fraction of sp³-hybridized carbons (Fsp3) is 0.214. The number of amides is 2. The highest BCUT2D eigenvalue weighted by Crippen LogP contribution is 2.29. The molecule has 5 aromatic rings. The minimum atomic E-state index is -0.160. The van der Waals surface area contributed by atoms with Crippen LogP contribution in [-0.4, -0.2) is 31.0 Å². The monoisotopic (exact) mass is 480 g/mol. The highest BCUT2D eigenvalue weighted by atomic mass is 16.2. The van der Waals surface area contributed by atoms with Gasteiger partial charge in [0.05, 0.1) is 11.6 Å². The lowest BCUT2D eigenvalue weighted by molar-refractivity contribution is -0.118. The third-order valence-corrected chi connectivity index (χ3v) is 6.31. The molecule has 0 spiro atoms. The number of aryl methyl sites for hydroxylation is 1. The molecule has 8 heteroatoms. The normalized spacial score (nSPS) is 12.2. The fourth-order valence-electron chi connectivity index (χ4n) is 4.22. The molecule has 0 saturated carbocycles. The van der Waals surface area contributed by atoms with Gasteiger partial charge in [0.15, 0.2) is 5.65 Å². The Hall–Kier alpha value is -4.46. The molecule has 2 aromatic carbocycles. The van der Waals surface area contributed by atoms with Crippen LogP contribution in [0.2, 0.25) is 0 Å². The number of hydrogen-bond donors (Lipinski definition) is 2. The number of fused-ring (bicyclic) bond motifs is 2. The maximum Gasteiger partial charge on any atom is 0.253 e. The van der Waals surface area contributed by atoms with Gasteiger partial charge in [-0.2, -0.15) is 4.98 Å². The van der Waals surface area contributed by atoms with E-state index < -0.39 is 0 Å². The summed E-state index contributed by atoms with van der Waals surface area (Å²) < 4.78 is 3.59. The molecule has 36 heavy (non-hydrogen) atoms. The lowest BCUT2D eigenvalue weighted by Crippen LogP contribution is -2.26. The minimum absolute atomic E-state index is 0.113. The zero-order chi connectivity index (χ0) is 25.4. The van der Waals surface area contributed by atoms with Crippen molar-refractivity contribution in [2.45, 2.75) is 26.8 Å². The molecule has 2 N–H and O–H groups in total. The third-order valence-electron chi connectivity index (χ3n) is 6.31. The quantitative estimate of drug-likeness (QED) is 0.359. The Morgan fingerprint density at radius 3 is 2.44 bits per heavy atom. The Bertz CT molecular complexity index is 1580. The van der Waals surface area contributed by atoms with Gasteiger partial charge in [0.1, 0.15) is 0 Å². The van der Waals surface area contributed by atoms with Gasteiger partial charge in [0.2, 0.25) is 11.9 Å². The number of pyridine rings is 1. The van der Waals surface area contributed by atoms with Crippen LogP contribution in [0.1, 0.15) is 42.7 Å². The van der Waals surface area contributed by atoms with Crippen LogP contribution in [0.25, 0.3) is 27.7 Å². The van der Waals surface area contributed by atoms with E-state index >= 15 is 0 Å². The molecule has 0 aliphatic heterocycles. The fourth-order valence-corrected chi connectivity index (χ4v) is 4.22. The number of hydrogen-bond acceptors (Lipinski definition) is 4. The number of aromatic nitrogens is 4. The molecule has 0 aliphatic rings. The molecule has 8 nitrogen and oxygen atoms in total. The van der Waals surface area contributed by atoms with Gasteiger partial charge in [-0.05, 0) is 47.9 Å². The summed E-state index contributed by atoms with van der Waals surface area (Å²) in [6, 6.07) is 19.7. The SMILES string of the molecule is CC(C)C(=O)Nc1nc2cc(-c3ccc4c(c3)c(C(=O)NC(C)c3ccccc3)cn4C)ccn2n1. The summed E-state index contributed by atoms with van der Waals surface area (Å²) in [5, 5.41) is 11.1. The lowest BCUT2D eigenvalue weighted by atomic mass is 10.0. The van der Waals surface area contributed by atoms with Gasteiger partial charge in [0, 0.05) is 36.3 Å². The molecule has 5 rings (SSSR count). The second-order valence-electron chi connectivity index (χ2n) is 9.29. The Labute approximate surface area is 209 Å². The molecular weight excluding hydrogens is 452 g/mol. The van der Waals surface area contributed by atoms with E-state index in [1.54, 1.807) is 4.52 Å². The molecule has 0 saturated heterocycles. The number of carbonyl (C=O) groups excluding carboxylic acids is 2. The number of benzene rings is 2. The third kappa shape index (κ3) is 4.45. The first kappa shape index (κ1) is 23.3. The first-order valence-corrected chi connectivity index (χ1v) is 11.9. The molecule has 3 aromatic heterocycles. The van der Waals surface area contributed by atoms with Crippen molar-refractivity contribution in [1.29, 1.82) is 0 Å². The summed E-state index contributed by atoms with van der Waals surface area (Å²) in [6.45, 7) is 5.62. The summed E-state index contributed by atoms with van der Waals surface area (Å²) in [6.07, 6.45) is 3.68. The van der Waals surface area contributed by atoms with E-state index in [0.717, 1.165) is 27.6 Å². The number of anilines is 1. The van der Waals surface area contributed by atoms with E-state index in [-0.39, 0.29) is 29.7 Å². The second-order valence-corrected chi connectivity index (χ2v) is 9.29. The number of carbonyl (C=O) groups is 2. The van der Waals surface area contributed by atoms with Gasteiger partial charge in [-0.1, -0.05) is 50.2 Å². The molecule has 0 radical (unpaired) electrons. The van der Waals surface area contributed by atoms with Crippen molar-refractivity contribution in [3.8, 4) is 11.1 Å². The van der Waals surface area contributed by atoms with Gasteiger partial charge in [0.25, 0.3) is 5.91 Å². The van der Waals surface area contributed by atoms with Crippen LogP contribution in [0.4, 0.5) is 5.95 Å². The van der Waals surface area contributed by atoms with Crippen molar-refractivity contribution < 1.29 is 9.59 Å². The molecule has 1 unspecified atom stereocenters. The molecule has 0 aliphatic carbocycles. The van der Waals surface area contributed by atoms with Crippen LogP contribution in [0.3, 0.4) is 0 Å². The number of rotatable bonds is 6. The van der Waals surface area contributed by atoms with E-state index in [1.807, 2.05) is 105 Å². The van der Waals surface area contributed by atoms with Gasteiger partial charge >= 0.3 is 0 Å². The number of nitrogens with zero attached hydrogens (tertiary/aromatic N) is 4. The zero-order valence-electron chi connectivity index (χ0n) is 20.7. The van der Waals surface area contributed by atoms with Crippen LogP contribution in [0.5, 0.6) is 0 Å². The van der Waals surface area contributed by atoms with E-state index in [4.69, 9.17) is 0 Å². The average Bonchev–Trinajstić information content (AvgIpc) is 3.43. The first-order chi connectivity index (χ1) is 17.3. The molecule has 182 valence electrons. The largest absolute Gasteiger partial charge is 0.350 e. The first-order valence-electron chi connectivity index (χ1n) is 11.9. The Balaban J connectivity index is 1.46. The predicted molar refractivity (Wildman–Crippen MR) is 141 cm³/mol. The van der Waals surface area contributed by atoms with Crippen molar-refractivity contribution >= 4 is 34.3 Å². The minimum Gasteiger partial charge on any atom is -0.350 e. The van der Waals surface area contributed by atoms with Gasteiger partial charge in [-0.25, -0.2) is 4.52 Å². The van der Waals surface area contributed by atoms with Crippen LogP contribution in [-0.2, 0) is 11.8 Å². The van der Waals surface area contributed by atoms with Crippen molar-refractivity contribution in [1.82, 2.24) is 24.5 Å². The second kappa shape index (κ2) is 9.30. The zero-order valence-corrected chi connectivity index (χ0v) is 20.7. The highest BCUT2D eigenvalue weighted by Gasteiger charge is 2.18. The molecule has 2 amide bonds. The molecule has 0 fully saturated rings. The Morgan fingerprint density at radius 1 is 0.944 bits per heavy atom. The molecule has 0 bridgehead atoms. The Morgan fingerprint density at radius 2 is 1.69 bits per heavy atom. The molecular formula is C28H28N6O2. The van der Waals surface area contributed by atoms with E-state index in [2.05, 4.69) is 20.7 Å². The lowest BCUT2D eigenvalue weighted by Gasteiger charge is -2.14. The maximum absolute atomic E-state index is 13.2. The number of nitrogens with one attached hydrogen (secondary N) is 2. The summed E-state index contributed by atoms with van der Waals surface area (Å²) in [7, 11) is 1.94. The van der Waals surface area contributed by atoms with Crippen molar-refractivity contribution in [3.63, 3.8) is 0 Å². The average molecular weight is 481 g/mol. The molecule has 3 heterocycles. The van der Waals surface area contributed by atoms with Crippen LogP contribution < -0.4 is 10.6 Å². The smallest absolute Gasteiger partial charge is 0.253 e. The summed E-state index contributed by atoms with van der Waals surface area (Å²) in [4.78, 5) is 29.7. The Kier molecular flexibility index (Phi) is 6.01. The van der Waals surface area contributed by atoms with Crippen LogP contribution in [0.15, 0.2) is 73.1 Å². The molecule has 1 atom stereocenters. The van der Waals surface area contributed by atoms with Gasteiger partial charge in [-0.15, -0.1) is 5.10 Å². The highest BCUT2D eigenvalue weighted by molar-refractivity contribution is 6.08. The summed E-state index contributed by atoms with van der Waals surface area (Å²) >= 11 is 0. The topological polar surface area (TPSA) is 93.3 Å². The van der Waals surface area contributed by atoms with Crippen molar-refractivity contribution in [2.24, 2.45) is 13.0 Å². The van der Waals surface area contributed by atoms with Crippen LogP contribution in [0, 0.1) is 5.92 Å². The van der Waals surface area contributed by atoms with Crippen molar-refractivity contribution in [2.75, 3.05) is 5.32 Å². The van der Waals surface area contributed by atoms with E-state index in [0.29, 0.717) is 11.2 Å². The summed E-state index contributed by atoms with van der Waals surface area (Å²) in [5.74, 6) is -0.136. The van der Waals surface area contributed by atoms with Crippen molar-refractivity contribution in [3.05, 3.63) is 84.2 Å². The summed E-state index contributed by atoms with van der Waals surface area (Å²) in [5.41, 5.74) is 5.16. The maximum atomic E-state index is 13.2. The van der Waals surface area contributed by atoms with Crippen LogP contribution >= 0.6 is 0 Å². The van der Waals surface area contributed by atoms with Gasteiger partial charge < -0.3 is 9.88 Å². The van der Waals surface area contributed by atoms with Gasteiger partial charge in [-0.3, -0.25) is 14.9 Å². The standard InChI is InChI=1S/C28H28N6O2/c1-17(2)26(35)31-28-30-25-15-21(12-13-34(25)32-28)20-10-11-24-22(14-20)23(16-33(24)4)27(36)29-18(3)19-8-6-5-7-9-19/h5-18H,1-4H3,(H,29,36)(H,31,32,35). The van der Waals surface area contributed by atoms with E-state index in [9.17, 15) is 9.59 Å². The predicted octanol–water partition coefficient (Wildman–Crippen LogP) is 4.97.